The molecule has 0 aliphatic heterocycles. The van der Waals surface area contributed by atoms with E-state index in [-0.39, 0.29) is 11.5 Å². The second kappa shape index (κ2) is 7.29. The Morgan fingerprint density at radius 2 is 1.90 bits per heavy atom. The predicted octanol–water partition coefficient (Wildman–Crippen LogP) is 3.27. The average molecular weight is 279 g/mol. The fraction of sp³-hybridized carbons (Fsp3) is 0.562. The SMILES string of the molecule is CC(OC(=O)NCCC(O)c1ccccc1)C(C)(C)C. The normalized spacial score (nSPS) is 14.4. The molecule has 0 bridgehead atoms. The Kier molecular flexibility index (Phi) is 6.02. The summed E-state index contributed by atoms with van der Waals surface area (Å²) >= 11 is 0. The number of nitrogens with one attached hydrogen (secondary N) is 1. The van der Waals surface area contributed by atoms with Crippen LogP contribution < -0.4 is 5.32 Å². The Hall–Kier alpha value is -1.55. The van der Waals surface area contributed by atoms with Crippen LogP contribution >= 0.6 is 0 Å². The Labute approximate surface area is 121 Å². The lowest BCUT2D eigenvalue weighted by molar-refractivity contribution is 0.0431. The third-order valence-electron chi connectivity index (χ3n) is 3.37. The van der Waals surface area contributed by atoms with Crippen molar-refractivity contribution in [2.75, 3.05) is 6.54 Å². The second-order valence-electron chi connectivity index (χ2n) is 6.06. The van der Waals surface area contributed by atoms with Crippen molar-refractivity contribution in [2.24, 2.45) is 5.41 Å². The van der Waals surface area contributed by atoms with Crippen LogP contribution in [0.3, 0.4) is 0 Å². The van der Waals surface area contributed by atoms with Crippen LogP contribution in [0.5, 0.6) is 0 Å². The van der Waals surface area contributed by atoms with E-state index in [1.807, 2.05) is 58.0 Å². The molecule has 20 heavy (non-hydrogen) atoms. The zero-order chi connectivity index (χ0) is 15.2. The summed E-state index contributed by atoms with van der Waals surface area (Å²) < 4.78 is 5.27. The van der Waals surface area contributed by atoms with Crippen LogP contribution in [0.2, 0.25) is 0 Å². The number of alkyl carbamates (subject to hydrolysis) is 1. The Morgan fingerprint density at radius 3 is 2.45 bits per heavy atom. The van der Waals surface area contributed by atoms with E-state index in [2.05, 4.69) is 5.32 Å². The fourth-order valence-corrected chi connectivity index (χ4v) is 1.53. The first-order valence-corrected chi connectivity index (χ1v) is 6.98. The van der Waals surface area contributed by atoms with Gasteiger partial charge in [-0.15, -0.1) is 0 Å². The van der Waals surface area contributed by atoms with E-state index in [1.165, 1.54) is 0 Å². The largest absolute Gasteiger partial charge is 0.446 e. The molecule has 0 aromatic heterocycles. The molecule has 0 radical (unpaired) electrons. The van der Waals surface area contributed by atoms with Crippen molar-refractivity contribution < 1.29 is 14.6 Å². The number of rotatable bonds is 5. The molecular formula is C16H25NO3. The number of hydrogen-bond acceptors (Lipinski definition) is 3. The van der Waals surface area contributed by atoms with Crippen molar-refractivity contribution in [1.82, 2.24) is 5.32 Å². The zero-order valence-corrected chi connectivity index (χ0v) is 12.7. The van der Waals surface area contributed by atoms with Gasteiger partial charge in [-0.25, -0.2) is 4.79 Å². The standard InChI is InChI=1S/C16H25NO3/c1-12(16(2,3)4)20-15(19)17-11-10-14(18)13-8-6-5-7-9-13/h5-9,12,14,18H,10-11H2,1-4H3,(H,17,19). The van der Waals surface area contributed by atoms with E-state index >= 15 is 0 Å². The molecule has 0 aliphatic carbocycles. The maximum absolute atomic E-state index is 11.6. The fourth-order valence-electron chi connectivity index (χ4n) is 1.53. The summed E-state index contributed by atoms with van der Waals surface area (Å²) in [5.41, 5.74) is 0.770. The summed E-state index contributed by atoms with van der Waals surface area (Å²) in [5, 5.41) is 12.6. The molecule has 112 valence electrons. The van der Waals surface area contributed by atoms with Gasteiger partial charge in [-0.1, -0.05) is 51.1 Å². The van der Waals surface area contributed by atoms with Gasteiger partial charge in [0.05, 0.1) is 6.10 Å². The minimum Gasteiger partial charge on any atom is -0.446 e. The van der Waals surface area contributed by atoms with Gasteiger partial charge in [-0.2, -0.15) is 0 Å². The minimum atomic E-state index is -0.573. The van der Waals surface area contributed by atoms with Gasteiger partial charge in [0, 0.05) is 6.54 Å². The average Bonchev–Trinajstić information content (AvgIpc) is 2.38. The molecule has 0 saturated carbocycles. The van der Waals surface area contributed by atoms with Gasteiger partial charge in [0.2, 0.25) is 0 Å². The molecule has 1 aromatic carbocycles. The molecule has 0 fully saturated rings. The molecular weight excluding hydrogens is 254 g/mol. The molecule has 4 heteroatoms. The number of aliphatic hydroxyl groups excluding tert-OH is 1. The van der Waals surface area contributed by atoms with E-state index in [1.54, 1.807) is 0 Å². The zero-order valence-electron chi connectivity index (χ0n) is 12.7. The summed E-state index contributed by atoms with van der Waals surface area (Å²) in [6, 6.07) is 9.39. The number of benzene rings is 1. The van der Waals surface area contributed by atoms with Crippen LogP contribution in [0.1, 0.15) is 45.8 Å². The molecule has 0 aliphatic rings. The topological polar surface area (TPSA) is 58.6 Å². The summed E-state index contributed by atoms with van der Waals surface area (Å²) in [6.45, 7) is 8.31. The van der Waals surface area contributed by atoms with Gasteiger partial charge in [0.25, 0.3) is 0 Å². The minimum absolute atomic E-state index is 0.0824. The number of hydrogen-bond donors (Lipinski definition) is 2. The lowest BCUT2D eigenvalue weighted by atomic mass is 9.90. The van der Waals surface area contributed by atoms with Crippen LogP contribution in [-0.4, -0.2) is 23.8 Å². The molecule has 1 rings (SSSR count). The molecule has 1 aromatic rings. The van der Waals surface area contributed by atoms with Gasteiger partial charge in [0.1, 0.15) is 6.10 Å². The highest BCUT2D eigenvalue weighted by atomic mass is 16.6. The maximum Gasteiger partial charge on any atom is 0.407 e. The van der Waals surface area contributed by atoms with Gasteiger partial charge in [-0.3, -0.25) is 0 Å². The highest BCUT2D eigenvalue weighted by Crippen LogP contribution is 2.21. The van der Waals surface area contributed by atoms with Crippen molar-refractivity contribution in [3.8, 4) is 0 Å². The highest BCUT2D eigenvalue weighted by Gasteiger charge is 2.23. The van der Waals surface area contributed by atoms with Gasteiger partial charge >= 0.3 is 6.09 Å². The Balaban J connectivity index is 2.29. The van der Waals surface area contributed by atoms with Crippen molar-refractivity contribution in [1.29, 1.82) is 0 Å². The van der Waals surface area contributed by atoms with Crippen LogP contribution in [0.4, 0.5) is 4.79 Å². The van der Waals surface area contributed by atoms with Crippen molar-refractivity contribution in [3.63, 3.8) is 0 Å². The summed E-state index contributed by atoms with van der Waals surface area (Å²) in [7, 11) is 0. The predicted molar refractivity (Wildman–Crippen MR) is 79.4 cm³/mol. The second-order valence-corrected chi connectivity index (χ2v) is 6.06. The lowest BCUT2D eigenvalue weighted by Gasteiger charge is -2.26. The van der Waals surface area contributed by atoms with E-state index in [4.69, 9.17) is 4.74 Å². The summed E-state index contributed by atoms with van der Waals surface area (Å²) in [6.07, 6.45) is -0.714. The quantitative estimate of drug-likeness (QED) is 0.869. The number of amides is 1. The monoisotopic (exact) mass is 279 g/mol. The van der Waals surface area contributed by atoms with Gasteiger partial charge < -0.3 is 15.2 Å². The molecule has 0 heterocycles. The molecule has 0 spiro atoms. The van der Waals surface area contributed by atoms with Crippen molar-refractivity contribution >= 4 is 6.09 Å². The number of ether oxygens (including phenoxy) is 1. The van der Waals surface area contributed by atoms with Gasteiger partial charge in [0.15, 0.2) is 0 Å². The van der Waals surface area contributed by atoms with Crippen molar-refractivity contribution in [2.45, 2.75) is 46.3 Å². The summed E-state index contributed by atoms with van der Waals surface area (Å²) in [5.74, 6) is 0. The third kappa shape index (κ3) is 5.61. The number of carbonyl (C=O) groups is 1. The van der Waals surface area contributed by atoms with E-state index < -0.39 is 12.2 Å². The molecule has 0 saturated heterocycles. The lowest BCUT2D eigenvalue weighted by Crippen LogP contribution is -2.34. The number of aliphatic hydroxyl groups is 1. The molecule has 2 N–H and O–H groups in total. The Morgan fingerprint density at radius 1 is 1.30 bits per heavy atom. The van der Waals surface area contributed by atoms with Crippen LogP contribution in [0, 0.1) is 5.41 Å². The first kappa shape index (κ1) is 16.5. The van der Waals surface area contributed by atoms with E-state index in [9.17, 15) is 9.90 Å². The van der Waals surface area contributed by atoms with Crippen LogP contribution in [-0.2, 0) is 4.74 Å². The molecule has 4 nitrogen and oxygen atoms in total. The van der Waals surface area contributed by atoms with Crippen LogP contribution in [0.15, 0.2) is 30.3 Å². The Bertz CT molecular complexity index is 411. The first-order valence-electron chi connectivity index (χ1n) is 6.98. The number of carbonyl (C=O) groups excluding carboxylic acids is 1. The first-order chi connectivity index (χ1) is 9.30. The molecule has 2 unspecified atom stereocenters. The van der Waals surface area contributed by atoms with Crippen LogP contribution in [0.25, 0.3) is 0 Å². The maximum atomic E-state index is 11.6. The summed E-state index contributed by atoms with van der Waals surface area (Å²) in [4.78, 5) is 11.6. The molecule has 2 atom stereocenters. The van der Waals surface area contributed by atoms with E-state index in [0.29, 0.717) is 13.0 Å². The highest BCUT2D eigenvalue weighted by molar-refractivity contribution is 5.67. The van der Waals surface area contributed by atoms with Crippen molar-refractivity contribution in [3.05, 3.63) is 35.9 Å². The van der Waals surface area contributed by atoms with Gasteiger partial charge in [-0.05, 0) is 24.3 Å². The smallest absolute Gasteiger partial charge is 0.407 e. The molecule has 1 amide bonds. The van der Waals surface area contributed by atoms with E-state index in [0.717, 1.165) is 5.56 Å². The third-order valence-corrected chi connectivity index (χ3v) is 3.37.